The largest absolute Gasteiger partial charge is 0.376 e. The van der Waals surface area contributed by atoms with Crippen molar-refractivity contribution in [2.75, 3.05) is 42.6 Å². The lowest BCUT2D eigenvalue weighted by Crippen LogP contribution is -2.47. The fourth-order valence-corrected chi connectivity index (χ4v) is 3.76. The van der Waals surface area contributed by atoms with Crippen molar-refractivity contribution in [1.29, 1.82) is 5.26 Å². The molecule has 0 N–H and O–H groups in total. The first-order chi connectivity index (χ1) is 14.3. The van der Waals surface area contributed by atoms with Crippen LogP contribution in [0.1, 0.15) is 16.8 Å². The van der Waals surface area contributed by atoms with Crippen LogP contribution in [0.3, 0.4) is 0 Å². The summed E-state index contributed by atoms with van der Waals surface area (Å²) in [6, 6.07) is 9.98. The molecule has 1 saturated heterocycles. The van der Waals surface area contributed by atoms with Gasteiger partial charge in [-0.05, 0) is 24.3 Å². The summed E-state index contributed by atoms with van der Waals surface area (Å²) in [7, 11) is 0. The van der Waals surface area contributed by atoms with Crippen LogP contribution in [0.2, 0.25) is 0 Å². The standard InChI is InChI=1S/C20H20N8O/c21-13-15-12-16-14-29-11-4-17(16)23-20(15)27-9-7-26(8-10-27)18-2-3-19(25-24-18)28-6-1-5-22-28/h1-3,5-6,12H,4,7-11,14H2. The fraction of sp³-hybridized carbons (Fsp3) is 0.350. The lowest BCUT2D eigenvalue weighted by Gasteiger charge is -2.36. The van der Waals surface area contributed by atoms with Gasteiger partial charge in [0.15, 0.2) is 11.6 Å². The number of piperazine rings is 1. The average Bonchev–Trinajstić information content (AvgIpc) is 3.33. The van der Waals surface area contributed by atoms with Crippen molar-refractivity contribution in [1.82, 2.24) is 25.0 Å². The van der Waals surface area contributed by atoms with Crippen LogP contribution in [0.4, 0.5) is 11.6 Å². The van der Waals surface area contributed by atoms with Crippen molar-refractivity contribution in [3.63, 3.8) is 0 Å². The first kappa shape index (κ1) is 17.6. The molecule has 29 heavy (non-hydrogen) atoms. The Bertz CT molecular complexity index is 1030. The van der Waals surface area contributed by atoms with Crippen LogP contribution in [-0.2, 0) is 17.8 Å². The molecule has 5 heterocycles. The highest BCUT2D eigenvalue weighted by Gasteiger charge is 2.24. The summed E-state index contributed by atoms with van der Waals surface area (Å²) in [5.41, 5.74) is 2.70. The van der Waals surface area contributed by atoms with Gasteiger partial charge in [-0.3, -0.25) is 0 Å². The highest BCUT2D eigenvalue weighted by molar-refractivity contribution is 5.57. The van der Waals surface area contributed by atoms with E-state index in [1.54, 1.807) is 10.9 Å². The quantitative estimate of drug-likeness (QED) is 0.663. The summed E-state index contributed by atoms with van der Waals surface area (Å²) in [6.45, 7) is 4.37. The zero-order valence-electron chi connectivity index (χ0n) is 15.9. The molecule has 0 saturated carbocycles. The SMILES string of the molecule is N#Cc1cc2c(nc1N1CCN(c3ccc(-n4cccn4)nn3)CC1)CCOC2. The zero-order chi connectivity index (χ0) is 19.6. The van der Waals surface area contributed by atoms with E-state index in [1.165, 1.54) is 0 Å². The molecule has 0 radical (unpaired) electrons. The molecule has 1 fully saturated rings. The second kappa shape index (κ2) is 7.48. The summed E-state index contributed by atoms with van der Waals surface area (Å²) in [6.07, 6.45) is 4.35. The molecule has 9 heteroatoms. The number of aromatic nitrogens is 5. The van der Waals surface area contributed by atoms with Crippen molar-refractivity contribution in [2.24, 2.45) is 0 Å². The molecule has 2 aliphatic rings. The van der Waals surface area contributed by atoms with Gasteiger partial charge in [0.05, 0.1) is 24.5 Å². The Labute approximate surface area is 168 Å². The lowest BCUT2D eigenvalue weighted by molar-refractivity contribution is 0.109. The van der Waals surface area contributed by atoms with Gasteiger partial charge in [0, 0.05) is 50.6 Å². The van der Waals surface area contributed by atoms with Gasteiger partial charge in [-0.15, -0.1) is 10.2 Å². The van der Waals surface area contributed by atoms with Crippen LogP contribution in [0.5, 0.6) is 0 Å². The number of nitrogens with zero attached hydrogens (tertiary/aromatic N) is 8. The Kier molecular flexibility index (Phi) is 4.54. The van der Waals surface area contributed by atoms with Gasteiger partial charge in [-0.25, -0.2) is 9.67 Å². The van der Waals surface area contributed by atoms with Crippen LogP contribution in [0.15, 0.2) is 36.7 Å². The summed E-state index contributed by atoms with van der Waals surface area (Å²) < 4.78 is 7.17. The van der Waals surface area contributed by atoms with E-state index in [4.69, 9.17) is 9.72 Å². The van der Waals surface area contributed by atoms with Gasteiger partial charge >= 0.3 is 0 Å². The molecule has 5 rings (SSSR count). The number of hydrogen-bond donors (Lipinski definition) is 0. The number of anilines is 2. The molecule has 0 spiro atoms. The number of rotatable bonds is 3. The number of fused-ring (bicyclic) bond motifs is 1. The fourth-order valence-electron chi connectivity index (χ4n) is 3.76. The normalized spacial score (nSPS) is 16.4. The number of nitriles is 1. The van der Waals surface area contributed by atoms with Crippen LogP contribution < -0.4 is 9.80 Å². The molecule has 2 aliphatic heterocycles. The van der Waals surface area contributed by atoms with E-state index in [1.807, 2.05) is 30.5 Å². The summed E-state index contributed by atoms with van der Waals surface area (Å²) >= 11 is 0. The lowest BCUT2D eigenvalue weighted by atomic mass is 10.1. The van der Waals surface area contributed by atoms with Gasteiger partial charge in [0.1, 0.15) is 11.9 Å². The molecule has 0 amide bonds. The van der Waals surface area contributed by atoms with E-state index in [9.17, 15) is 5.26 Å². The van der Waals surface area contributed by atoms with E-state index in [0.29, 0.717) is 24.6 Å². The minimum Gasteiger partial charge on any atom is -0.376 e. The third-order valence-electron chi connectivity index (χ3n) is 5.31. The monoisotopic (exact) mass is 388 g/mol. The van der Waals surface area contributed by atoms with Crippen LogP contribution in [0, 0.1) is 11.3 Å². The van der Waals surface area contributed by atoms with Gasteiger partial charge in [0.2, 0.25) is 0 Å². The molecule has 0 aliphatic carbocycles. The van der Waals surface area contributed by atoms with Gasteiger partial charge < -0.3 is 14.5 Å². The number of pyridine rings is 1. The van der Waals surface area contributed by atoms with Crippen LogP contribution in [0.25, 0.3) is 5.82 Å². The number of hydrogen-bond acceptors (Lipinski definition) is 8. The zero-order valence-corrected chi connectivity index (χ0v) is 15.9. The first-order valence-electron chi connectivity index (χ1n) is 9.66. The number of ether oxygens (including phenoxy) is 1. The summed E-state index contributed by atoms with van der Waals surface area (Å²) in [5, 5.41) is 22.4. The predicted molar refractivity (Wildman–Crippen MR) is 106 cm³/mol. The Hall–Kier alpha value is -3.51. The molecule has 0 aromatic carbocycles. The van der Waals surface area contributed by atoms with Crippen LogP contribution in [-0.4, -0.2) is 57.7 Å². The molecular formula is C20H20N8O. The Morgan fingerprint density at radius 2 is 1.83 bits per heavy atom. The van der Waals surface area contributed by atoms with E-state index in [2.05, 4.69) is 31.2 Å². The van der Waals surface area contributed by atoms with Gasteiger partial charge in [-0.1, -0.05) is 0 Å². The highest BCUT2D eigenvalue weighted by Crippen LogP contribution is 2.26. The van der Waals surface area contributed by atoms with Crippen LogP contribution >= 0.6 is 0 Å². The van der Waals surface area contributed by atoms with E-state index >= 15 is 0 Å². The minimum absolute atomic E-state index is 0.540. The Balaban J connectivity index is 1.30. The maximum absolute atomic E-state index is 9.59. The molecule has 0 bridgehead atoms. The third-order valence-corrected chi connectivity index (χ3v) is 5.31. The molecule has 9 nitrogen and oxygen atoms in total. The van der Waals surface area contributed by atoms with Crippen molar-refractivity contribution < 1.29 is 4.74 Å². The molecule has 0 unspecified atom stereocenters. The van der Waals surface area contributed by atoms with Crippen molar-refractivity contribution in [2.45, 2.75) is 13.0 Å². The predicted octanol–water partition coefficient (Wildman–Crippen LogP) is 1.33. The maximum Gasteiger partial charge on any atom is 0.175 e. The first-order valence-corrected chi connectivity index (χ1v) is 9.66. The molecule has 0 atom stereocenters. The smallest absolute Gasteiger partial charge is 0.175 e. The van der Waals surface area contributed by atoms with E-state index in [0.717, 1.165) is 55.5 Å². The summed E-state index contributed by atoms with van der Waals surface area (Å²) in [4.78, 5) is 9.21. The highest BCUT2D eigenvalue weighted by atomic mass is 16.5. The van der Waals surface area contributed by atoms with Crippen molar-refractivity contribution >= 4 is 11.6 Å². The molecule has 3 aromatic rings. The van der Waals surface area contributed by atoms with Gasteiger partial charge in [0.25, 0.3) is 0 Å². The molecule has 3 aromatic heterocycles. The maximum atomic E-state index is 9.59. The van der Waals surface area contributed by atoms with E-state index in [-0.39, 0.29) is 0 Å². The second-order valence-corrected chi connectivity index (χ2v) is 7.05. The van der Waals surface area contributed by atoms with Gasteiger partial charge in [-0.2, -0.15) is 10.4 Å². The van der Waals surface area contributed by atoms with E-state index < -0.39 is 0 Å². The Morgan fingerprint density at radius 3 is 2.55 bits per heavy atom. The third kappa shape index (κ3) is 3.39. The van der Waals surface area contributed by atoms with Crippen molar-refractivity contribution in [3.8, 4) is 11.9 Å². The summed E-state index contributed by atoms with van der Waals surface area (Å²) in [5.74, 6) is 2.32. The minimum atomic E-state index is 0.540. The average molecular weight is 388 g/mol. The van der Waals surface area contributed by atoms with Crippen molar-refractivity contribution in [3.05, 3.63) is 53.5 Å². The Morgan fingerprint density at radius 1 is 1.03 bits per heavy atom. The molecule has 146 valence electrons. The molecular weight excluding hydrogens is 368 g/mol. The topological polar surface area (TPSA) is 96.0 Å². The second-order valence-electron chi connectivity index (χ2n) is 7.05.